The number of benzene rings is 2. The van der Waals surface area contributed by atoms with E-state index >= 15 is 0 Å². The van der Waals surface area contributed by atoms with Crippen molar-refractivity contribution in [2.75, 3.05) is 21.2 Å². The summed E-state index contributed by atoms with van der Waals surface area (Å²) in [6.45, 7) is 0.371. The van der Waals surface area contributed by atoms with Crippen molar-refractivity contribution in [2.24, 2.45) is 0 Å². The van der Waals surface area contributed by atoms with Gasteiger partial charge < -0.3 is 10.1 Å². The largest absolute Gasteiger partial charge is 0.496 e. The standard InChI is InChI=1S/C18H22N2O4S/c1-20(2)25(22,23)16-10-8-14(9-11-16)12-18(21)19-13-15-6-4-5-7-17(15)24-3/h4-11H,12-13H2,1-3H3,(H,19,21). The maximum atomic E-state index is 12.1. The Morgan fingerprint density at radius 2 is 1.72 bits per heavy atom. The van der Waals surface area contributed by atoms with Crippen molar-refractivity contribution in [2.45, 2.75) is 17.9 Å². The first kappa shape index (κ1) is 19.0. The van der Waals surface area contributed by atoms with Crippen LogP contribution in [-0.4, -0.2) is 39.8 Å². The Morgan fingerprint density at radius 3 is 2.32 bits per heavy atom. The number of carbonyl (C=O) groups excluding carboxylic acids is 1. The Morgan fingerprint density at radius 1 is 1.08 bits per heavy atom. The summed E-state index contributed by atoms with van der Waals surface area (Å²) in [6.07, 6.45) is 0.178. The fraction of sp³-hybridized carbons (Fsp3) is 0.278. The molecule has 0 radical (unpaired) electrons. The molecule has 0 unspecified atom stereocenters. The minimum Gasteiger partial charge on any atom is -0.496 e. The molecule has 0 fully saturated rings. The number of sulfonamides is 1. The molecule has 0 aliphatic carbocycles. The lowest BCUT2D eigenvalue weighted by Gasteiger charge is -2.12. The van der Waals surface area contributed by atoms with Gasteiger partial charge in [0.05, 0.1) is 18.4 Å². The van der Waals surface area contributed by atoms with Gasteiger partial charge in [-0.05, 0) is 23.8 Å². The Kier molecular flexibility index (Phi) is 6.17. The van der Waals surface area contributed by atoms with Gasteiger partial charge in [0.15, 0.2) is 0 Å². The molecule has 2 aromatic carbocycles. The summed E-state index contributed by atoms with van der Waals surface area (Å²) in [6, 6.07) is 13.8. The van der Waals surface area contributed by atoms with Crippen molar-refractivity contribution >= 4 is 15.9 Å². The molecular formula is C18H22N2O4S. The van der Waals surface area contributed by atoms with Gasteiger partial charge in [0, 0.05) is 26.2 Å². The molecule has 1 amide bonds. The van der Waals surface area contributed by atoms with Crippen LogP contribution in [0, 0.1) is 0 Å². The van der Waals surface area contributed by atoms with Crippen LogP contribution in [0.1, 0.15) is 11.1 Å². The molecule has 6 nitrogen and oxygen atoms in total. The van der Waals surface area contributed by atoms with Crippen LogP contribution < -0.4 is 10.1 Å². The third-order valence-electron chi connectivity index (χ3n) is 3.74. The fourth-order valence-corrected chi connectivity index (χ4v) is 3.18. The molecule has 25 heavy (non-hydrogen) atoms. The number of rotatable bonds is 7. The number of carbonyl (C=O) groups is 1. The second-order valence-corrected chi connectivity index (χ2v) is 7.85. The van der Waals surface area contributed by atoms with E-state index in [1.54, 1.807) is 19.2 Å². The minimum absolute atomic E-state index is 0.144. The van der Waals surface area contributed by atoms with Gasteiger partial charge in [-0.25, -0.2) is 12.7 Å². The van der Waals surface area contributed by atoms with E-state index in [1.807, 2.05) is 24.3 Å². The van der Waals surface area contributed by atoms with Crippen LogP contribution in [0.3, 0.4) is 0 Å². The molecule has 0 atom stereocenters. The molecule has 134 valence electrons. The van der Waals surface area contributed by atoms with Crippen LogP contribution in [0.4, 0.5) is 0 Å². The average Bonchev–Trinajstić information content (AvgIpc) is 2.60. The van der Waals surface area contributed by atoms with Gasteiger partial charge >= 0.3 is 0 Å². The molecule has 0 spiro atoms. The van der Waals surface area contributed by atoms with Crippen molar-refractivity contribution in [1.82, 2.24) is 9.62 Å². The van der Waals surface area contributed by atoms with Gasteiger partial charge in [0.2, 0.25) is 15.9 Å². The van der Waals surface area contributed by atoms with Crippen molar-refractivity contribution in [3.05, 3.63) is 59.7 Å². The van der Waals surface area contributed by atoms with Crippen LogP contribution in [-0.2, 0) is 27.8 Å². The Balaban J connectivity index is 1.97. The van der Waals surface area contributed by atoms with Crippen LogP contribution in [0.25, 0.3) is 0 Å². The highest BCUT2D eigenvalue weighted by molar-refractivity contribution is 7.89. The molecule has 0 aliphatic rings. The lowest BCUT2D eigenvalue weighted by molar-refractivity contribution is -0.120. The molecule has 0 saturated heterocycles. The maximum absolute atomic E-state index is 12.1. The molecule has 7 heteroatoms. The molecule has 0 aliphatic heterocycles. The van der Waals surface area contributed by atoms with Gasteiger partial charge in [-0.1, -0.05) is 30.3 Å². The van der Waals surface area contributed by atoms with E-state index in [0.717, 1.165) is 21.2 Å². The van der Waals surface area contributed by atoms with Gasteiger partial charge in [0.25, 0.3) is 0 Å². The number of nitrogens with one attached hydrogen (secondary N) is 1. The summed E-state index contributed by atoms with van der Waals surface area (Å²) in [7, 11) is 1.09. The topological polar surface area (TPSA) is 75.7 Å². The number of methoxy groups -OCH3 is 1. The van der Waals surface area contributed by atoms with E-state index < -0.39 is 10.0 Å². The highest BCUT2D eigenvalue weighted by atomic mass is 32.2. The molecule has 0 bridgehead atoms. The maximum Gasteiger partial charge on any atom is 0.242 e. The molecular weight excluding hydrogens is 340 g/mol. The lowest BCUT2D eigenvalue weighted by atomic mass is 10.1. The minimum atomic E-state index is -3.46. The number of hydrogen-bond acceptors (Lipinski definition) is 4. The van der Waals surface area contributed by atoms with Crippen molar-refractivity contribution in [3.63, 3.8) is 0 Å². The summed E-state index contributed by atoms with van der Waals surface area (Å²) in [5.74, 6) is 0.579. The van der Waals surface area contributed by atoms with Crippen molar-refractivity contribution in [3.8, 4) is 5.75 Å². The third-order valence-corrected chi connectivity index (χ3v) is 5.56. The van der Waals surface area contributed by atoms with Gasteiger partial charge in [-0.15, -0.1) is 0 Å². The molecule has 0 saturated carbocycles. The summed E-state index contributed by atoms with van der Waals surface area (Å²) >= 11 is 0. The highest BCUT2D eigenvalue weighted by Gasteiger charge is 2.16. The SMILES string of the molecule is COc1ccccc1CNC(=O)Cc1ccc(S(=O)(=O)N(C)C)cc1. The molecule has 0 heterocycles. The van der Waals surface area contributed by atoms with E-state index in [0.29, 0.717) is 6.54 Å². The van der Waals surface area contributed by atoms with Gasteiger partial charge in [-0.2, -0.15) is 0 Å². The molecule has 2 aromatic rings. The van der Waals surface area contributed by atoms with E-state index in [-0.39, 0.29) is 17.2 Å². The molecule has 2 rings (SSSR count). The Bertz CT molecular complexity index is 830. The predicted octanol–water partition coefficient (Wildman–Crippen LogP) is 1.80. The smallest absolute Gasteiger partial charge is 0.242 e. The zero-order valence-corrected chi connectivity index (χ0v) is 15.3. The van der Waals surface area contributed by atoms with E-state index in [4.69, 9.17) is 4.74 Å². The second-order valence-electron chi connectivity index (χ2n) is 5.70. The number of para-hydroxylation sites is 1. The zero-order chi connectivity index (χ0) is 18.4. The van der Waals surface area contributed by atoms with Gasteiger partial charge in [0.1, 0.15) is 5.75 Å². The average molecular weight is 362 g/mol. The normalized spacial score (nSPS) is 11.4. The van der Waals surface area contributed by atoms with Crippen LogP contribution in [0.5, 0.6) is 5.75 Å². The fourth-order valence-electron chi connectivity index (χ4n) is 2.28. The van der Waals surface area contributed by atoms with Crippen LogP contribution >= 0.6 is 0 Å². The van der Waals surface area contributed by atoms with E-state index in [9.17, 15) is 13.2 Å². The Labute approximate surface area is 148 Å². The number of amides is 1. The quantitative estimate of drug-likeness (QED) is 0.815. The third kappa shape index (κ3) is 4.80. The van der Waals surface area contributed by atoms with E-state index in [2.05, 4.69) is 5.32 Å². The summed E-state index contributed by atoms with van der Waals surface area (Å²) in [4.78, 5) is 12.3. The monoisotopic (exact) mass is 362 g/mol. The van der Waals surface area contributed by atoms with E-state index in [1.165, 1.54) is 26.2 Å². The first-order chi connectivity index (χ1) is 11.8. The van der Waals surface area contributed by atoms with Crippen LogP contribution in [0.2, 0.25) is 0 Å². The van der Waals surface area contributed by atoms with Crippen LogP contribution in [0.15, 0.2) is 53.4 Å². The first-order valence-corrected chi connectivity index (χ1v) is 9.18. The van der Waals surface area contributed by atoms with Crippen molar-refractivity contribution in [1.29, 1.82) is 0 Å². The lowest BCUT2D eigenvalue weighted by Crippen LogP contribution is -2.25. The van der Waals surface area contributed by atoms with Crippen molar-refractivity contribution < 1.29 is 17.9 Å². The summed E-state index contributed by atoms with van der Waals surface area (Å²) in [5.41, 5.74) is 1.64. The number of nitrogens with zero attached hydrogens (tertiary/aromatic N) is 1. The Hall–Kier alpha value is -2.38. The summed E-state index contributed by atoms with van der Waals surface area (Å²) < 4.78 is 30.4. The molecule has 0 aromatic heterocycles. The first-order valence-electron chi connectivity index (χ1n) is 7.74. The summed E-state index contributed by atoms with van der Waals surface area (Å²) in [5, 5.41) is 2.84. The molecule has 1 N–H and O–H groups in total. The zero-order valence-electron chi connectivity index (χ0n) is 14.5. The number of hydrogen-bond donors (Lipinski definition) is 1. The second kappa shape index (κ2) is 8.13. The van der Waals surface area contributed by atoms with Gasteiger partial charge in [-0.3, -0.25) is 4.79 Å². The highest BCUT2D eigenvalue weighted by Crippen LogP contribution is 2.17. The predicted molar refractivity (Wildman–Crippen MR) is 95.9 cm³/mol. The number of ether oxygens (including phenoxy) is 1.